The van der Waals surface area contributed by atoms with Crippen LogP contribution in [0.2, 0.25) is 0 Å². The third-order valence-corrected chi connectivity index (χ3v) is 3.45. The predicted octanol–water partition coefficient (Wildman–Crippen LogP) is 1.16. The highest BCUT2D eigenvalue weighted by Gasteiger charge is 2.06. The molecule has 0 spiro atoms. The second kappa shape index (κ2) is 9.14. The smallest absolute Gasteiger partial charge is 0.238 e. The molecule has 0 heterocycles. The Balaban J connectivity index is 0.00000361. The Morgan fingerprint density at radius 1 is 1.30 bits per heavy atom. The van der Waals surface area contributed by atoms with E-state index in [1.54, 1.807) is 12.1 Å². The van der Waals surface area contributed by atoms with Gasteiger partial charge in [-0.1, -0.05) is 25.5 Å². The number of hydrogen-bond acceptors (Lipinski definition) is 3. The lowest BCUT2D eigenvalue weighted by molar-refractivity contribution is 0.598. The second-order valence-electron chi connectivity index (χ2n) is 4.17. The van der Waals surface area contributed by atoms with Crippen molar-refractivity contribution in [1.29, 1.82) is 0 Å². The quantitative estimate of drug-likeness (QED) is 0.282. The van der Waals surface area contributed by atoms with Crippen LogP contribution < -0.4 is 16.2 Å². The number of rotatable bonds is 6. The molecule has 0 saturated carbocycles. The van der Waals surface area contributed by atoms with E-state index >= 15 is 0 Å². The minimum absolute atomic E-state index is 0. The zero-order valence-electron chi connectivity index (χ0n) is 11.4. The lowest BCUT2D eigenvalue weighted by Gasteiger charge is -2.04. The van der Waals surface area contributed by atoms with Gasteiger partial charge in [-0.3, -0.25) is 0 Å². The van der Waals surface area contributed by atoms with Crippen LogP contribution in [-0.2, 0) is 16.6 Å². The van der Waals surface area contributed by atoms with Gasteiger partial charge in [0.15, 0.2) is 5.96 Å². The van der Waals surface area contributed by atoms with Crippen LogP contribution in [0, 0.1) is 0 Å². The summed E-state index contributed by atoms with van der Waals surface area (Å²) in [5.74, 6) is 0.393. The monoisotopic (exact) mass is 412 g/mol. The number of halogens is 1. The van der Waals surface area contributed by atoms with E-state index in [4.69, 9.17) is 10.9 Å². The molecule has 0 bridgehead atoms. The number of nitrogens with zero attached hydrogens (tertiary/aromatic N) is 1. The fraction of sp³-hybridized carbons (Fsp3) is 0.417. The van der Waals surface area contributed by atoms with Gasteiger partial charge < -0.3 is 11.1 Å². The lowest BCUT2D eigenvalue weighted by atomic mass is 10.2. The Bertz CT molecular complexity index is 529. The van der Waals surface area contributed by atoms with Crippen molar-refractivity contribution in [2.75, 3.05) is 6.54 Å². The molecule has 6 nitrogen and oxygen atoms in total. The van der Waals surface area contributed by atoms with Gasteiger partial charge in [-0.15, -0.1) is 24.0 Å². The van der Waals surface area contributed by atoms with Crippen LogP contribution in [0.1, 0.15) is 25.3 Å². The molecule has 0 saturated heterocycles. The van der Waals surface area contributed by atoms with Crippen LogP contribution in [0.3, 0.4) is 0 Å². The average Bonchev–Trinajstić information content (AvgIpc) is 2.36. The maximum absolute atomic E-state index is 11.1. The lowest BCUT2D eigenvalue weighted by Crippen LogP contribution is -2.32. The highest BCUT2D eigenvalue weighted by Crippen LogP contribution is 2.09. The molecule has 5 N–H and O–H groups in total. The van der Waals surface area contributed by atoms with Crippen molar-refractivity contribution in [1.82, 2.24) is 5.32 Å². The Labute approximate surface area is 137 Å². The molecule has 8 heteroatoms. The van der Waals surface area contributed by atoms with Gasteiger partial charge in [0, 0.05) is 6.54 Å². The Morgan fingerprint density at radius 3 is 2.40 bits per heavy atom. The van der Waals surface area contributed by atoms with E-state index in [0.717, 1.165) is 24.9 Å². The first-order valence-corrected chi connectivity index (χ1v) is 7.63. The van der Waals surface area contributed by atoms with Crippen LogP contribution >= 0.6 is 24.0 Å². The van der Waals surface area contributed by atoms with E-state index in [2.05, 4.69) is 17.2 Å². The topological polar surface area (TPSA) is 111 Å². The van der Waals surface area contributed by atoms with E-state index in [0.29, 0.717) is 12.5 Å². The minimum Gasteiger partial charge on any atom is -0.370 e. The predicted molar refractivity (Wildman–Crippen MR) is 91.5 cm³/mol. The van der Waals surface area contributed by atoms with Crippen molar-refractivity contribution in [2.45, 2.75) is 31.2 Å². The SMILES string of the molecule is CCCCNC(N)=NCc1ccc(S(N)(=O)=O)cc1.I. The normalized spacial score (nSPS) is 11.8. The summed E-state index contributed by atoms with van der Waals surface area (Å²) < 4.78 is 22.2. The Kier molecular flexibility index (Phi) is 8.74. The van der Waals surface area contributed by atoms with Gasteiger partial charge in [0.1, 0.15) is 0 Å². The molecule has 1 rings (SSSR count). The zero-order valence-corrected chi connectivity index (χ0v) is 14.5. The number of benzene rings is 1. The molecular formula is C12H21IN4O2S. The van der Waals surface area contributed by atoms with E-state index in [1.165, 1.54) is 12.1 Å². The van der Waals surface area contributed by atoms with Crippen molar-refractivity contribution in [3.05, 3.63) is 29.8 Å². The first kappa shape index (κ1) is 19.1. The van der Waals surface area contributed by atoms with Gasteiger partial charge in [0.2, 0.25) is 10.0 Å². The minimum atomic E-state index is -3.64. The number of aliphatic imine (C=N–C) groups is 1. The summed E-state index contributed by atoms with van der Waals surface area (Å²) >= 11 is 0. The number of guanidine groups is 1. The second-order valence-corrected chi connectivity index (χ2v) is 5.73. The van der Waals surface area contributed by atoms with Gasteiger partial charge in [0.05, 0.1) is 11.4 Å². The molecule has 114 valence electrons. The Hall–Kier alpha value is -0.870. The molecule has 0 aliphatic heterocycles. The summed E-state index contributed by atoms with van der Waals surface area (Å²) in [4.78, 5) is 4.25. The van der Waals surface area contributed by atoms with E-state index in [-0.39, 0.29) is 28.9 Å². The molecule has 0 unspecified atom stereocenters. The van der Waals surface area contributed by atoms with E-state index < -0.39 is 10.0 Å². The molecule has 0 aliphatic carbocycles. The van der Waals surface area contributed by atoms with Gasteiger partial charge in [0.25, 0.3) is 0 Å². The summed E-state index contributed by atoms with van der Waals surface area (Å²) in [5, 5.41) is 8.01. The highest BCUT2D eigenvalue weighted by atomic mass is 127. The van der Waals surface area contributed by atoms with Gasteiger partial charge in [-0.25, -0.2) is 18.5 Å². The number of nitrogens with one attached hydrogen (secondary N) is 1. The van der Waals surface area contributed by atoms with Crippen molar-refractivity contribution in [3.63, 3.8) is 0 Å². The first-order chi connectivity index (χ1) is 8.93. The number of hydrogen-bond donors (Lipinski definition) is 3. The average molecular weight is 412 g/mol. The molecular weight excluding hydrogens is 391 g/mol. The van der Waals surface area contributed by atoms with Gasteiger partial charge in [-0.2, -0.15) is 0 Å². The van der Waals surface area contributed by atoms with E-state index in [9.17, 15) is 8.42 Å². The van der Waals surface area contributed by atoms with Gasteiger partial charge in [-0.05, 0) is 24.1 Å². The maximum atomic E-state index is 11.1. The number of sulfonamides is 1. The molecule has 0 fully saturated rings. The molecule has 20 heavy (non-hydrogen) atoms. The van der Waals surface area contributed by atoms with Crippen molar-refractivity contribution < 1.29 is 8.42 Å². The molecule has 0 aromatic heterocycles. The summed E-state index contributed by atoms with van der Waals surface area (Å²) in [6.45, 7) is 3.30. The van der Waals surface area contributed by atoms with Crippen LogP contribution in [-0.4, -0.2) is 20.9 Å². The molecule has 0 aliphatic rings. The number of nitrogens with two attached hydrogens (primary N) is 2. The third kappa shape index (κ3) is 7.06. The summed E-state index contributed by atoms with van der Waals surface area (Å²) in [6.07, 6.45) is 2.13. The summed E-state index contributed by atoms with van der Waals surface area (Å²) in [6, 6.07) is 6.26. The van der Waals surface area contributed by atoms with Crippen molar-refractivity contribution in [2.24, 2.45) is 15.9 Å². The molecule has 1 aromatic rings. The summed E-state index contributed by atoms with van der Waals surface area (Å²) in [7, 11) is -3.64. The van der Waals surface area contributed by atoms with Crippen molar-refractivity contribution in [3.8, 4) is 0 Å². The zero-order chi connectivity index (χ0) is 14.3. The largest absolute Gasteiger partial charge is 0.370 e. The molecule has 1 aromatic carbocycles. The van der Waals surface area contributed by atoms with E-state index in [1.807, 2.05) is 0 Å². The van der Waals surface area contributed by atoms with Crippen LogP contribution in [0.4, 0.5) is 0 Å². The fourth-order valence-corrected chi connectivity index (χ4v) is 1.93. The number of primary sulfonamides is 1. The number of unbranched alkanes of at least 4 members (excludes halogenated alkanes) is 1. The van der Waals surface area contributed by atoms with Crippen LogP contribution in [0.5, 0.6) is 0 Å². The van der Waals surface area contributed by atoms with Crippen molar-refractivity contribution >= 4 is 40.0 Å². The Morgan fingerprint density at radius 2 is 1.90 bits per heavy atom. The maximum Gasteiger partial charge on any atom is 0.238 e. The summed E-state index contributed by atoms with van der Waals surface area (Å²) in [5.41, 5.74) is 6.55. The van der Waals surface area contributed by atoms with Gasteiger partial charge >= 0.3 is 0 Å². The molecule has 0 radical (unpaired) electrons. The standard InChI is InChI=1S/C12H20N4O2S.HI/c1-2-3-8-15-12(13)16-9-10-4-6-11(7-5-10)19(14,17)18;/h4-7H,2-3,8-9H2,1H3,(H3,13,15,16)(H2,14,17,18);1H. The fourth-order valence-electron chi connectivity index (χ4n) is 1.41. The van der Waals surface area contributed by atoms with Crippen LogP contribution in [0.15, 0.2) is 34.2 Å². The molecule has 0 amide bonds. The highest BCUT2D eigenvalue weighted by molar-refractivity contribution is 14.0. The first-order valence-electron chi connectivity index (χ1n) is 6.09. The molecule has 0 atom stereocenters. The van der Waals surface area contributed by atoms with Crippen LogP contribution in [0.25, 0.3) is 0 Å². The third-order valence-electron chi connectivity index (χ3n) is 2.52.